The van der Waals surface area contributed by atoms with Crippen LogP contribution in [0.4, 0.5) is 15.9 Å². The number of halogens is 1. The monoisotopic (exact) mass is 342 g/mol. The standard InChI is InChI=1S/C17H19FN6O/c18-11-1-4-13(5-2-11)22-17-14(16(21)25)9-24(23-17)15-6-3-12(20)7-10(15)8-19/h1-2,4-5,9-10,12,15H,3,6-7,20H2,(H2,21,25)(H,22,23)/t10-,12+,15?/m1/s1. The van der Waals surface area contributed by atoms with Gasteiger partial charge in [-0.15, -0.1) is 0 Å². The highest BCUT2D eigenvalue weighted by molar-refractivity contribution is 5.98. The number of nitrogens with two attached hydrogens (primary N) is 2. The van der Waals surface area contributed by atoms with Crippen LogP contribution in [-0.4, -0.2) is 21.7 Å². The molecule has 1 aliphatic carbocycles. The Kier molecular flexibility index (Phi) is 4.67. The molecular weight excluding hydrogens is 323 g/mol. The van der Waals surface area contributed by atoms with E-state index in [1.165, 1.54) is 24.3 Å². The van der Waals surface area contributed by atoms with E-state index in [2.05, 4.69) is 16.5 Å². The Morgan fingerprint density at radius 3 is 2.72 bits per heavy atom. The molecule has 1 saturated carbocycles. The van der Waals surface area contributed by atoms with Gasteiger partial charge in [0.2, 0.25) is 0 Å². The van der Waals surface area contributed by atoms with Gasteiger partial charge < -0.3 is 16.8 Å². The SMILES string of the molecule is N#C[C@H]1C[C@@H](N)CCC1n1cc(C(N)=O)c(Nc2ccc(F)cc2)n1. The lowest BCUT2D eigenvalue weighted by Gasteiger charge is -2.30. The Bertz CT molecular complexity index is 810. The third-order valence-corrected chi connectivity index (χ3v) is 4.46. The van der Waals surface area contributed by atoms with E-state index >= 15 is 0 Å². The van der Waals surface area contributed by atoms with Gasteiger partial charge in [0, 0.05) is 17.9 Å². The van der Waals surface area contributed by atoms with Crippen LogP contribution in [0, 0.1) is 23.1 Å². The molecule has 2 aromatic rings. The summed E-state index contributed by atoms with van der Waals surface area (Å²) in [6.07, 6.45) is 3.64. The quantitative estimate of drug-likeness (QED) is 0.785. The van der Waals surface area contributed by atoms with Crippen LogP contribution in [0.25, 0.3) is 0 Å². The Hall–Kier alpha value is -2.92. The lowest BCUT2D eigenvalue weighted by molar-refractivity contribution is 0.100. The average Bonchev–Trinajstić information content (AvgIpc) is 3.00. The number of nitrogens with one attached hydrogen (secondary N) is 1. The van der Waals surface area contributed by atoms with Gasteiger partial charge in [-0.25, -0.2) is 4.39 Å². The minimum absolute atomic E-state index is 0.00360. The van der Waals surface area contributed by atoms with E-state index in [0.717, 1.165) is 6.42 Å². The van der Waals surface area contributed by atoms with Crippen LogP contribution in [0.15, 0.2) is 30.5 Å². The third kappa shape index (κ3) is 3.61. The molecule has 130 valence electrons. The summed E-state index contributed by atoms with van der Waals surface area (Å²) in [5.41, 5.74) is 12.2. The van der Waals surface area contributed by atoms with Crippen LogP contribution in [0.2, 0.25) is 0 Å². The first-order valence-electron chi connectivity index (χ1n) is 8.04. The summed E-state index contributed by atoms with van der Waals surface area (Å²) in [6, 6.07) is 7.80. The van der Waals surface area contributed by atoms with E-state index in [1.54, 1.807) is 10.9 Å². The number of nitriles is 1. The summed E-state index contributed by atoms with van der Waals surface area (Å²) in [7, 11) is 0. The van der Waals surface area contributed by atoms with Crippen molar-refractivity contribution in [3.05, 3.63) is 41.8 Å². The molecule has 1 amide bonds. The van der Waals surface area contributed by atoms with Crippen LogP contribution in [0.1, 0.15) is 35.7 Å². The molecule has 0 saturated heterocycles. The molecule has 3 rings (SSSR count). The Morgan fingerprint density at radius 2 is 2.08 bits per heavy atom. The molecule has 0 spiro atoms. The first kappa shape index (κ1) is 16.9. The molecule has 3 atom stereocenters. The van der Waals surface area contributed by atoms with Crippen molar-refractivity contribution in [1.82, 2.24) is 9.78 Å². The molecule has 7 nitrogen and oxygen atoms in total. The van der Waals surface area contributed by atoms with Gasteiger partial charge in [-0.3, -0.25) is 9.48 Å². The molecule has 1 fully saturated rings. The van der Waals surface area contributed by atoms with Gasteiger partial charge in [0.05, 0.1) is 18.0 Å². The molecule has 1 aromatic carbocycles. The van der Waals surface area contributed by atoms with Crippen molar-refractivity contribution in [2.45, 2.75) is 31.3 Å². The topological polar surface area (TPSA) is 123 Å². The summed E-state index contributed by atoms with van der Waals surface area (Å²) in [6.45, 7) is 0. The van der Waals surface area contributed by atoms with Crippen molar-refractivity contribution in [2.75, 3.05) is 5.32 Å². The Morgan fingerprint density at radius 1 is 1.36 bits per heavy atom. The summed E-state index contributed by atoms with van der Waals surface area (Å²) in [4.78, 5) is 11.7. The van der Waals surface area contributed by atoms with Gasteiger partial charge in [0.25, 0.3) is 5.91 Å². The van der Waals surface area contributed by atoms with Crippen molar-refractivity contribution >= 4 is 17.4 Å². The molecule has 1 heterocycles. The number of hydrogen-bond donors (Lipinski definition) is 3. The fraction of sp³-hybridized carbons (Fsp3) is 0.353. The van der Waals surface area contributed by atoms with Gasteiger partial charge in [0.15, 0.2) is 5.82 Å². The van der Waals surface area contributed by atoms with E-state index in [4.69, 9.17) is 11.5 Å². The zero-order valence-electron chi connectivity index (χ0n) is 13.5. The largest absolute Gasteiger partial charge is 0.365 e. The number of hydrogen-bond acceptors (Lipinski definition) is 5. The predicted molar refractivity (Wildman–Crippen MR) is 90.4 cm³/mol. The molecule has 0 radical (unpaired) electrons. The van der Waals surface area contributed by atoms with Gasteiger partial charge >= 0.3 is 0 Å². The maximum atomic E-state index is 13.0. The van der Waals surface area contributed by atoms with Crippen molar-refractivity contribution < 1.29 is 9.18 Å². The van der Waals surface area contributed by atoms with Crippen molar-refractivity contribution in [3.63, 3.8) is 0 Å². The first-order valence-corrected chi connectivity index (χ1v) is 8.04. The molecule has 1 aromatic heterocycles. The lowest BCUT2D eigenvalue weighted by atomic mass is 9.83. The number of carbonyl (C=O) groups is 1. The molecule has 8 heteroatoms. The van der Waals surface area contributed by atoms with E-state index in [0.29, 0.717) is 18.5 Å². The van der Waals surface area contributed by atoms with E-state index in [1.807, 2.05) is 0 Å². The van der Waals surface area contributed by atoms with Gasteiger partial charge in [-0.1, -0.05) is 0 Å². The van der Waals surface area contributed by atoms with E-state index < -0.39 is 5.91 Å². The van der Waals surface area contributed by atoms with Crippen molar-refractivity contribution in [2.24, 2.45) is 17.4 Å². The van der Waals surface area contributed by atoms with Crippen LogP contribution in [0.5, 0.6) is 0 Å². The van der Waals surface area contributed by atoms with E-state index in [-0.39, 0.29) is 35.2 Å². The number of rotatable bonds is 4. The van der Waals surface area contributed by atoms with Crippen molar-refractivity contribution in [3.8, 4) is 6.07 Å². The van der Waals surface area contributed by atoms with Gasteiger partial charge in [0.1, 0.15) is 11.4 Å². The normalized spacial score (nSPS) is 23.0. The molecule has 0 bridgehead atoms. The number of benzene rings is 1. The summed E-state index contributed by atoms with van der Waals surface area (Å²) in [5, 5.41) is 16.8. The molecule has 1 aliphatic rings. The lowest BCUT2D eigenvalue weighted by Crippen LogP contribution is -2.34. The summed E-state index contributed by atoms with van der Waals surface area (Å²) < 4.78 is 14.6. The minimum atomic E-state index is -0.628. The van der Waals surface area contributed by atoms with Crippen LogP contribution < -0.4 is 16.8 Å². The van der Waals surface area contributed by atoms with Gasteiger partial charge in [-0.05, 0) is 43.5 Å². The highest BCUT2D eigenvalue weighted by Gasteiger charge is 2.32. The zero-order valence-corrected chi connectivity index (χ0v) is 13.5. The summed E-state index contributed by atoms with van der Waals surface area (Å²) >= 11 is 0. The molecular formula is C17H19FN6O. The number of amides is 1. The minimum Gasteiger partial charge on any atom is -0.365 e. The van der Waals surface area contributed by atoms with Crippen LogP contribution in [0.3, 0.4) is 0 Å². The number of aromatic nitrogens is 2. The fourth-order valence-electron chi connectivity index (χ4n) is 3.15. The first-order chi connectivity index (χ1) is 12.0. The second kappa shape index (κ2) is 6.91. The molecule has 1 unspecified atom stereocenters. The second-order valence-electron chi connectivity index (χ2n) is 6.24. The van der Waals surface area contributed by atoms with Crippen LogP contribution >= 0.6 is 0 Å². The van der Waals surface area contributed by atoms with E-state index in [9.17, 15) is 14.4 Å². The number of primary amides is 1. The predicted octanol–water partition coefficient (Wildman–Crippen LogP) is 2.06. The van der Waals surface area contributed by atoms with Crippen molar-refractivity contribution in [1.29, 1.82) is 5.26 Å². The van der Waals surface area contributed by atoms with Gasteiger partial charge in [-0.2, -0.15) is 10.4 Å². The second-order valence-corrected chi connectivity index (χ2v) is 6.24. The number of anilines is 2. The molecule has 5 N–H and O–H groups in total. The molecule has 25 heavy (non-hydrogen) atoms. The Labute approximate surface area is 144 Å². The average molecular weight is 342 g/mol. The highest BCUT2D eigenvalue weighted by Crippen LogP contribution is 2.34. The van der Waals surface area contributed by atoms with Crippen LogP contribution in [-0.2, 0) is 0 Å². The third-order valence-electron chi connectivity index (χ3n) is 4.46. The smallest absolute Gasteiger partial charge is 0.254 e. The Balaban J connectivity index is 1.90. The zero-order chi connectivity index (χ0) is 18.0. The fourth-order valence-corrected chi connectivity index (χ4v) is 3.15. The highest BCUT2D eigenvalue weighted by atomic mass is 19.1. The molecule has 0 aliphatic heterocycles. The maximum absolute atomic E-state index is 13.0. The number of carbonyl (C=O) groups excluding carboxylic acids is 1. The number of nitrogens with zero attached hydrogens (tertiary/aromatic N) is 3. The summed E-state index contributed by atoms with van der Waals surface area (Å²) in [5.74, 6) is -0.979. The maximum Gasteiger partial charge on any atom is 0.254 e.